The Bertz CT molecular complexity index is 789. The van der Waals surface area contributed by atoms with Crippen LogP contribution in [0.3, 0.4) is 0 Å². The van der Waals surface area contributed by atoms with Crippen LogP contribution in [-0.2, 0) is 29.3 Å². The van der Waals surface area contributed by atoms with E-state index in [0.29, 0.717) is 0 Å². The Labute approximate surface area is 206 Å². The van der Waals surface area contributed by atoms with E-state index in [1.165, 1.54) is 0 Å². The van der Waals surface area contributed by atoms with Crippen molar-refractivity contribution in [2.24, 2.45) is 22.9 Å². The summed E-state index contributed by atoms with van der Waals surface area (Å²) >= 11 is 0. The molecule has 36 heavy (non-hydrogen) atoms. The van der Waals surface area contributed by atoms with Gasteiger partial charge in [0.2, 0.25) is 0 Å². The zero-order valence-electron chi connectivity index (χ0n) is 18.9. The fourth-order valence-electron chi connectivity index (χ4n) is 4.18. The molecule has 2 aliphatic heterocycles. The lowest BCUT2D eigenvalue weighted by Crippen LogP contribution is -2.68. The molecule has 0 amide bonds. The highest BCUT2D eigenvalue weighted by molar-refractivity contribution is 7.79. The van der Waals surface area contributed by atoms with E-state index in [0.717, 1.165) is 0 Å². The van der Waals surface area contributed by atoms with Gasteiger partial charge in [-0.3, -0.25) is 9.11 Å². The van der Waals surface area contributed by atoms with Gasteiger partial charge in [0.15, 0.2) is 12.6 Å². The molecule has 3 fully saturated rings. The topological polar surface area (TPSA) is 337 Å². The minimum Gasteiger partial charge on any atom is -0.394 e. The predicted octanol–water partition coefficient (Wildman–Crippen LogP) is -7.31. The second-order valence-electron chi connectivity index (χ2n) is 8.75. The largest absolute Gasteiger partial charge is 0.394 e. The first-order valence-corrected chi connectivity index (χ1v) is 12.3. The van der Waals surface area contributed by atoms with Crippen molar-refractivity contribution in [1.82, 2.24) is 0 Å². The molecule has 214 valence electrons. The Morgan fingerprint density at radius 1 is 0.750 bits per heavy atom. The molecule has 3 rings (SSSR count). The third-order valence-corrected chi connectivity index (χ3v) is 6.12. The standard InChI is InChI=1S/C17H34N4O10.H2O4S/c18-2-6-10(24)13(27)17(28-6)31-15-8(21)16(29-7(3-22)11(15)25)30-14-5(20)1-4(19)9(23)12(14)26;1-5(2,3)4/h4-17,22-27H,1-3,18-21H2;(H2,1,2,3,4)/t4-,5+,6-,7-,8-,9+,10-,11-,12-,13-,14-,15-,16-,17+;/m1./s1. The van der Waals surface area contributed by atoms with Gasteiger partial charge in [0.1, 0.15) is 48.8 Å². The van der Waals surface area contributed by atoms with Crippen LogP contribution in [0.15, 0.2) is 0 Å². The van der Waals surface area contributed by atoms with E-state index in [-0.39, 0.29) is 13.0 Å². The second kappa shape index (κ2) is 12.9. The summed E-state index contributed by atoms with van der Waals surface area (Å²) in [6.07, 6.45) is -13.8. The number of hydrogen-bond donors (Lipinski definition) is 12. The smallest absolute Gasteiger partial charge is 0.394 e. The SMILES string of the molecule is NC[C@H]1O[C@@H](O[C@@H]2[C@@H](N)[C@@H](O[C@H]3[C@H](O)[C@@H](O)[C@H](N)C[C@@H]3N)O[C@H](CO)[C@H]2O)[C@H](O)[C@@H]1O.O=S(=O)(O)O. The summed E-state index contributed by atoms with van der Waals surface area (Å²) < 4.78 is 53.9. The average molecular weight is 553 g/mol. The number of hydrogen-bond acceptors (Lipinski definition) is 16. The van der Waals surface area contributed by atoms with Crippen LogP contribution in [0.2, 0.25) is 0 Å². The molecule has 0 spiro atoms. The summed E-state index contributed by atoms with van der Waals surface area (Å²) in [5.74, 6) is 0. The molecule has 16 N–H and O–H groups in total. The fraction of sp³-hybridized carbons (Fsp3) is 1.00. The molecule has 1 saturated carbocycles. The summed E-state index contributed by atoms with van der Waals surface area (Å²) in [5, 5.41) is 60.6. The van der Waals surface area contributed by atoms with Crippen LogP contribution in [-0.4, -0.2) is 147 Å². The molecule has 3 aliphatic rings. The minimum absolute atomic E-state index is 0.0760. The van der Waals surface area contributed by atoms with Crippen molar-refractivity contribution in [3.63, 3.8) is 0 Å². The van der Waals surface area contributed by atoms with Gasteiger partial charge in [-0.15, -0.1) is 0 Å². The Hall–Kier alpha value is -0.690. The van der Waals surface area contributed by atoms with E-state index < -0.39 is 103 Å². The number of rotatable bonds is 6. The highest BCUT2D eigenvalue weighted by Gasteiger charge is 2.52. The first-order valence-electron chi connectivity index (χ1n) is 10.9. The molecule has 18 nitrogen and oxygen atoms in total. The Kier molecular flexibility index (Phi) is 11.3. The zero-order valence-corrected chi connectivity index (χ0v) is 19.8. The van der Waals surface area contributed by atoms with Crippen molar-refractivity contribution in [1.29, 1.82) is 0 Å². The van der Waals surface area contributed by atoms with Gasteiger partial charge in [0.05, 0.1) is 18.8 Å². The fourth-order valence-corrected chi connectivity index (χ4v) is 4.18. The van der Waals surface area contributed by atoms with Gasteiger partial charge in [-0.05, 0) is 6.42 Å². The maximum atomic E-state index is 10.5. The van der Waals surface area contributed by atoms with Gasteiger partial charge in [0, 0.05) is 18.6 Å². The predicted molar refractivity (Wildman–Crippen MR) is 116 cm³/mol. The molecule has 0 unspecified atom stereocenters. The lowest BCUT2D eigenvalue weighted by atomic mass is 9.84. The lowest BCUT2D eigenvalue weighted by Gasteiger charge is -2.47. The van der Waals surface area contributed by atoms with E-state index in [4.69, 9.17) is 59.4 Å². The molecule has 19 heteroatoms. The highest BCUT2D eigenvalue weighted by atomic mass is 32.3. The Morgan fingerprint density at radius 2 is 1.28 bits per heavy atom. The monoisotopic (exact) mass is 552 g/mol. The first kappa shape index (κ1) is 31.5. The van der Waals surface area contributed by atoms with Crippen LogP contribution >= 0.6 is 0 Å². The molecule has 14 atom stereocenters. The number of nitrogens with two attached hydrogens (primary N) is 4. The maximum absolute atomic E-state index is 10.5. The van der Waals surface area contributed by atoms with Crippen molar-refractivity contribution in [3.8, 4) is 0 Å². The normalized spacial score (nSPS) is 47.8. The zero-order chi connectivity index (χ0) is 27.5. The molecule has 0 aromatic carbocycles. The number of aliphatic hydroxyl groups is 6. The second-order valence-corrected chi connectivity index (χ2v) is 9.64. The Balaban J connectivity index is 0.000000830. The molecular formula is C17H36N4O14S. The summed E-state index contributed by atoms with van der Waals surface area (Å²) in [6.45, 7) is -0.699. The lowest BCUT2D eigenvalue weighted by molar-refractivity contribution is -0.317. The minimum atomic E-state index is -4.67. The van der Waals surface area contributed by atoms with Crippen LogP contribution in [0.25, 0.3) is 0 Å². The van der Waals surface area contributed by atoms with Crippen LogP contribution in [0.4, 0.5) is 0 Å². The van der Waals surface area contributed by atoms with E-state index in [2.05, 4.69) is 0 Å². The maximum Gasteiger partial charge on any atom is 0.394 e. The summed E-state index contributed by atoms with van der Waals surface area (Å²) in [7, 11) is -4.67. The summed E-state index contributed by atoms with van der Waals surface area (Å²) in [6, 6.07) is -2.67. The molecule has 2 heterocycles. The van der Waals surface area contributed by atoms with Gasteiger partial charge in [0.25, 0.3) is 0 Å². The molecular weight excluding hydrogens is 516 g/mol. The van der Waals surface area contributed by atoms with Crippen molar-refractivity contribution in [3.05, 3.63) is 0 Å². The summed E-state index contributed by atoms with van der Waals surface area (Å²) in [4.78, 5) is 0. The highest BCUT2D eigenvalue weighted by Crippen LogP contribution is 2.31. The average Bonchev–Trinajstić information content (AvgIpc) is 3.06. The van der Waals surface area contributed by atoms with Gasteiger partial charge < -0.3 is 72.5 Å². The van der Waals surface area contributed by atoms with Crippen LogP contribution in [0.5, 0.6) is 0 Å². The molecule has 0 aromatic rings. The quantitative estimate of drug-likeness (QED) is 0.136. The van der Waals surface area contributed by atoms with Crippen molar-refractivity contribution >= 4 is 10.4 Å². The first-order chi connectivity index (χ1) is 16.6. The van der Waals surface area contributed by atoms with E-state index in [1.807, 2.05) is 0 Å². The molecule has 0 bridgehead atoms. The molecule has 1 aliphatic carbocycles. The molecule has 0 aromatic heterocycles. The van der Waals surface area contributed by atoms with Crippen LogP contribution < -0.4 is 22.9 Å². The molecule has 2 saturated heterocycles. The van der Waals surface area contributed by atoms with Crippen molar-refractivity contribution < 1.29 is 67.1 Å². The Morgan fingerprint density at radius 3 is 1.78 bits per heavy atom. The third-order valence-electron chi connectivity index (χ3n) is 6.12. The summed E-state index contributed by atoms with van der Waals surface area (Å²) in [5.41, 5.74) is 23.4. The van der Waals surface area contributed by atoms with E-state index in [9.17, 15) is 30.6 Å². The van der Waals surface area contributed by atoms with Gasteiger partial charge >= 0.3 is 10.4 Å². The van der Waals surface area contributed by atoms with Crippen molar-refractivity contribution in [2.45, 2.75) is 92.1 Å². The van der Waals surface area contributed by atoms with Gasteiger partial charge in [-0.25, -0.2) is 0 Å². The van der Waals surface area contributed by atoms with Gasteiger partial charge in [-0.1, -0.05) is 0 Å². The van der Waals surface area contributed by atoms with Crippen molar-refractivity contribution in [2.75, 3.05) is 13.2 Å². The van der Waals surface area contributed by atoms with E-state index >= 15 is 0 Å². The molecule has 0 radical (unpaired) electrons. The van der Waals surface area contributed by atoms with Crippen LogP contribution in [0, 0.1) is 0 Å². The number of aliphatic hydroxyl groups excluding tert-OH is 6. The van der Waals surface area contributed by atoms with Crippen LogP contribution in [0.1, 0.15) is 6.42 Å². The van der Waals surface area contributed by atoms with Gasteiger partial charge in [-0.2, -0.15) is 8.42 Å². The third kappa shape index (κ3) is 7.68. The van der Waals surface area contributed by atoms with E-state index in [1.54, 1.807) is 0 Å². The number of ether oxygens (including phenoxy) is 4.